The van der Waals surface area contributed by atoms with Crippen LogP contribution in [0.4, 0.5) is 0 Å². The maximum Gasteiger partial charge on any atom is 0.326 e. The summed E-state index contributed by atoms with van der Waals surface area (Å²) in [5.41, 5.74) is 4.40. The Hall–Kier alpha value is -1.59. The molecule has 0 aliphatic carbocycles. The van der Waals surface area contributed by atoms with Crippen LogP contribution in [-0.2, 0) is 14.4 Å². The molecule has 0 bridgehead atoms. The third-order valence-corrected chi connectivity index (χ3v) is 4.44. The number of nitrogens with two attached hydrogens (primary N) is 1. The molecule has 0 aromatic heterocycles. The summed E-state index contributed by atoms with van der Waals surface area (Å²) in [4.78, 5) is 34.6. The van der Waals surface area contributed by atoms with E-state index in [1.54, 1.807) is 0 Å². The lowest BCUT2D eigenvalue weighted by atomic mass is 9.70. The van der Waals surface area contributed by atoms with Gasteiger partial charge in [0.1, 0.15) is 6.04 Å². The van der Waals surface area contributed by atoms with Crippen LogP contribution in [-0.4, -0.2) is 28.9 Å². The average molecular weight is 314 g/mol. The number of primary amides is 1. The minimum atomic E-state index is -1.15. The number of hydrogen-bond donors (Lipinski definition) is 3. The number of carbonyl (C=O) groups is 3. The van der Waals surface area contributed by atoms with Crippen molar-refractivity contribution in [3.63, 3.8) is 0 Å². The molecule has 6 nitrogen and oxygen atoms in total. The highest BCUT2D eigenvalue weighted by Crippen LogP contribution is 2.38. The first-order valence-corrected chi connectivity index (χ1v) is 7.79. The van der Waals surface area contributed by atoms with Crippen LogP contribution in [0.15, 0.2) is 0 Å². The molecule has 0 saturated carbocycles. The Morgan fingerprint density at radius 2 is 1.68 bits per heavy atom. The molecule has 0 saturated heterocycles. The standard InChI is InChI=1S/C16H30N2O4/c1-6-15(3,4)10-16(5,7-2)14(22)18-11(13(20)21)8-9-12(17)19/h11H,6-10H2,1-5H3,(H2,17,19)(H,18,22)(H,20,21). The van der Waals surface area contributed by atoms with Gasteiger partial charge in [-0.15, -0.1) is 0 Å². The Bertz CT molecular complexity index is 420. The van der Waals surface area contributed by atoms with E-state index in [0.29, 0.717) is 12.8 Å². The fourth-order valence-corrected chi connectivity index (χ4v) is 2.42. The van der Waals surface area contributed by atoms with Crippen molar-refractivity contribution < 1.29 is 19.5 Å². The van der Waals surface area contributed by atoms with E-state index in [0.717, 1.165) is 6.42 Å². The molecule has 128 valence electrons. The Labute approximate surface area is 132 Å². The zero-order chi connectivity index (χ0) is 17.6. The predicted molar refractivity (Wildman–Crippen MR) is 85.1 cm³/mol. The average Bonchev–Trinajstić information content (AvgIpc) is 2.41. The Balaban J connectivity index is 5.00. The monoisotopic (exact) mass is 314 g/mol. The molecule has 2 unspecified atom stereocenters. The number of carboxylic acids is 1. The molecule has 22 heavy (non-hydrogen) atoms. The summed E-state index contributed by atoms with van der Waals surface area (Å²) < 4.78 is 0. The number of hydrogen-bond acceptors (Lipinski definition) is 3. The van der Waals surface area contributed by atoms with Crippen molar-refractivity contribution in [2.45, 2.75) is 72.8 Å². The van der Waals surface area contributed by atoms with Crippen LogP contribution in [0.1, 0.15) is 66.7 Å². The lowest BCUT2D eigenvalue weighted by Gasteiger charge is -2.36. The van der Waals surface area contributed by atoms with Crippen LogP contribution < -0.4 is 11.1 Å². The number of nitrogens with one attached hydrogen (secondary N) is 1. The van der Waals surface area contributed by atoms with E-state index >= 15 is 0 Å². The second-order valence-corrected chi connectivity index (χ2v) is 6.98. The van der Waals surface area contributed by atoms with Gasteiger partial charge in [-0.1, -0.05) is 41.0 Å². The summed E-state index contributed by atoms with van der Waals surface area (Å²) >= 11 is 0. The van der Waals surface area contributed by atoms with Crippen LogP contribution in [0.2, 0.25) is 0 Å². The van der Waals surface area contributed by atoms with Crippen molar-refractivity contribution in [2.24, 2.45) is 16.6 Å². The number of carbonyl (C=O) groups excluding carboxylic acids is 2. The lowest BCUT2D eigenvalue weighted by molar-refractivity contribution is -0.144. The van der Waals surface area contributed by atoms with Gasteiger partial charge in [0.15, 0.2) is 0 Å². The molecule has 0 fully saturated rings. The third-order valence-electron chi connectivity index (χ3n) is 4.44. The molecule has 0 spiro atoms. The summed E-state index contributed by atoms with van der Waals surface area (Å²) in [6.07, 6.45) is 2.15. The van der Waals surface area contributed by atoms with Gasteiger partial charge in [-0.2, -0.15) is 0 Å². The van der Waals surface area contributed by atoms with Crippen LogP contribution in [0, 0.1) is 10.8 Å². The van der Waals surface area contributed by atoms with E-state index in [4.69, 9.17) is 5.73 Å². The topological polar surface area (TPSA) is 109 Å². The molecule has 4 N–H and O–H groups in total. The largest absolute Gasteiger partial charge is 0.480 e. The Morgan fingerprint density at radius 1 is 1.14 bits per heavy atom. The highest BCUT2D eigenvalue weighted by molar-refractivity contribution is 5.87. The molecule has 2 atom stereocenters. The van der Waals surface area contributed by atoms with Gasteiger partial charge in [0.2, 0.25) is 11.8 Å². The Morgan fingerprint density at radius 3 is 2.05 bits per heavy atom. The van der Waals surface area contributed by atoms with Gasteiger partial charge >= 0.3 is 5.97 Å². The zero-order valence-electron chi connectivity index (χ0n) is 14.4. The first-order chi connectivity index (χ1) is 9.97. The summed E-state index contributed by atoms with van der Waals surface area (Å²) in [5.74, 6) is -2.01. The van der Waals surface area contributed by atoms with E-state index < -0.39 is 23.3 Å². The zero-order valence-corrected chi connectivity index (χ0v) is 14.4. The van der Waals surface area contributed by atoms with Crippen molar-refractivity contribution >= 4 is 17.8 Å². The van der Waals surface area contributed by atoms with Crippen molar-refractivity contribution in [3.8, 4) is 0 Å². The van der Waals surface area contributed by atoms with Crippen LogP contribution >= 0.6 is 0 Å². The molecule has 0 heterocycles. The van der Waals surface area contributed by atoms with Gasteiger partial charge in [0.25, 0.3) is 0 Å². The number of aliphatic carboxylic acids is 1. The van der Waals surface area contributed by atoms with Gasteiger partial charge in [-0.3, -0.25) is 9.59 Å². The molecule has 0 rings (SSSR count). The van der Waals surface area contributed by atoms with E-state index in [1.165, 1.54) is 0 Å². The second-order valence-electron chi connectivity index (χ2n) is 6.98. The Kier molecular flexibility index (Phi) is 7.56. The molecular weight excluding hydrogens is 284 g/mol. The normalized spacial score (nSPS) is 15.7. The molecule has 0 radical (unpaired) electrons. The first-order valence-electron chi connectivity index (χ1n) is 7.79. The highest BCUT2D eigenvalue weighted by Gasteiger charge is 2.38. The van der Waals surface area contributed by atoms with Crippen molar-refractivity contribution in [1.29, 1.82) is 0 Å². The molecule has 0 aliphatic heterocycles. The van der Waals surface area contributed by atoms with Gasteiger partial charge in [0, 0.05) is 11.8 Å². The van der Waals surface area contributed by atoms with Gasteiger partial charge in [-0.05, 0) is 24.7 Å². The lowest BCUT2D eigenvalue weighted by Crippen LogP contribution is -2.48. The molecule has 0 aromatic carbocycles. The van der Waals surface area contributed by atoms with Crippen LogP contribution in [0.25, 0.3) is 0 Å². The maximum absolute atomic E-state index is 12.6. The fraction of sp³-hybridized carbons (Fsp3) is 0.812. The number of amides is 2. The molecule has 6 heteroatoms. The molecule has 0 aromatic rings. The summed E-state index contributed by atoms with van der Waals surface area (Å²) in [6, 6.07) is -1.09. The quantitative estimate of drug-likeness (QED) is 0.573. The predicted octanol–water partition coefficient (Wildman–Crippen LogP) is 2.06. The highest BCUT2D eigenvalue weighted by atomic mass is 16.4. The third kappa shape index (κ3) is 6.45. The van der Waals surface area contributed by atoms with Crippen molar-refractivity contribution in [2.75, 3.05) is 0 Å². The van der Waals surface area contributed by atoms with Gasteiger partial charge < -0.3 is 16.2 Å². The van der Waals surface area contributed by atoms with E-state index in [2.05, 4.69) is 26.1 Å². The minimum Gasteiger partial charge on any atom is -0.480 e. The van der Waals surface area contributed by atoms with Crippen LogP contribution in [0.3, 0.4) is 0 Å². The molecule has 2 amide bonds. The maximum atomic E-state index is 12.6. The second kappa shape index (κ2) is 8.15. The van der Waals surface area contributed by atoms with E-state index in [-0.39, 0.29) is 24.2 Å². The summed E-state index contributed by atoms with van der Waals surface area (Å²) in [6.45, 7) is 10.0. The van der Waals surface area contributed by atoms with Crippen molar-refractivity contribution in [3.05, 3.63) is 0 Å². The summed E-state index contributed by atoms with van der Waals surface area (Å²) in [7, 11) is 0. The SMILES string of the molecule is CCC(C)(C)CC(C)(CC)C(=O)NC(CCC(N)=O)C(=O)O. The molecule has 0 aliphatic rings. The fourth-order valence-electron chi connectivity index (χ4n) is 2.42. The number of rotatable bonds is 10. The number of carboxylic acid groups (broad SMARTS) is 1. The smallest absolute Gasteiger partial charge is 0.326 e. The first kappa shape index (κ1) is 20.4. The molecular formula is C16H30N2O4. The van der Waals surface area contributed by atoms with Crippen molar-refractivity contribution in [1.82, 2.24) is 5.32 Å². The summed E-state index contributed by atoms with van der Waals surface area (Å²) in [5, 5.41) is 11.7. The van der Waals surface area contributed by atoms with E-state index in [1.807, 2.05) is 13.8 Å². The van der Waals surface area contributed by atoms with Gasteiger partial charge in [0.05, 0.1) is 0 Å². The van der Waals surface area contributed by atoms with Crippen LogP contribution in [0.5, 0.6) is 0 Å². The van der Waals surface area contributed by atoms with E-state index in [9.17, 15) is 19.5 Å². The minimum absolute atomic E-state index is 0.00591. The van der Waals surface area contributed by atoms with Gasteiger partial charge in [-0.25, -0.2) is 4.79 Å².